The van der Waals surface area contributed by atoms with Gasteiger partial charge in [-0.3, -0.25) is 4.79 Å². The van der Waals surface area contributed by atoms with Crippen LogP contribution in [0.4, 0.5) is 0 Å². The molecule has 1 atom stereocenters. The maximum atomic E-state index is 11.2. The third-order valence-electron chi connectivity index (χ3n) is 6.94. The molecule has 2 aromatic heterocycles. The van der Waals surface area contributed by atoms with Crippen LogP contribution in [0.2, 0.25) is 0 Å². The van der Waals surface area contributed by atoms with Crippen molar-refractivity contribution in [1.29, 1.82) is 0 Å². The molecule has 0 fully saturated rings. The molecule has 0 aliphatic heterocycles. The van der Waals surface area contributed by atoms with Gasteiger partial charge in [0, 0.05) is 17.0 Å². The number of carbonyl (C=O) groups is 1. The zero-order valence-electron chi connectivity index (χ0n) is 22.3. The minimum atomic E-state index is -0.894. The van der Waals surface area contributed by atoms with E-state index in [0.29, 0.717) is 22.9 Å². The van der Waals surface area contributed by atoms with Gasteiger partial charge in [-0.25, -0.2) is 0 Å². The Labute approximate surface area is 222 Å². The Kier molecular flexibility index (Phi) is 8.36. The van der Waals surface area contributed by atoms with Gasteiger partial charge in [-0.1, -0.05) is 32.9 Å². The van der Waals surface area contributed by atoms with E-state index in [1.165, 1.54) is 16.0 Å². The third-order valence-corrected chi connectivity index (χ3v) is 8.34. The molecule has 3 aromatic rings. The lowest BCUT2D eigenvalue weighted by atomic mass is 9.74. The summed E-state index contributed by atoms with van der Waals surface area (Å²) < 4.78 is 11.7. The van der Waals surface area contributed by atoms with E-state index in [2.05, 4.69) is 31.2 Å². The van der Waals surface area contributed by atoms with E-state index in [-0.39, 0.29) is 13.2 Å². The normalized spacial score (nSPS) is 15.3. The number of aromatic nitrogens is 2. The number of aliphatic hydroxyl groups is 2. The van der Waals surface area contributed by atoms with E-state index in [9.17, 15) is 9.90 Å². The molecule has 1 aromatic carbocycles. The van der Waals surface area contributed by atoms with Gasteiger partial charge in [-0.05, 0) is 78.8 Å². The highest BCUT2D eigenvalue weighted by Crippen LogP contribution is 2.45. The van der Waals surface area contributed by atoms with Crippen molar-refractivity contribution in [2.75, 3.05) is 19.8 Å². The number of amides is 1. The van der Waals surface area contributed by atoms with Crippen molar-refractivity contribution in [3.63, 3.8) is 0 Å². The molecule has 1 aliphatic carbocycles. The lowest BCUT2D eigenvalue weighted by Crippen LogP contribution is -2.36. The fourth-order valence-corrected chi connectivity index (χ4v) is 6.14. The van der Waals surface area contributed by atoms with Crippen LogP contribution in [0, 0.1) is 12.3 Å². The van der Waals surface area contributed by atoms with E-state index >= 15 is 0 Å². The Morgan fingerprint density at radius 2 is 2.05 bits per heavy atom. The summed E-state index contributed by atoms with van der Waals surface area (Å²) in [6.07, 6.45) is 4.11. The van der Waals surface area contributed by atoms with Crippen LogP contribution >= 0.6 is 11.3 Å². The molecule has 37 heavy (non-hydrogen) atoms. The molecule has 0 spiro atoms. The lowest BCUT2D eigenvalue weighted by molar-refractivity contribution is -0.124. The number of hydrogen-bond acceptors (Lipinski definition) is 8. The van der Waals surface area contributed by atoms with Crippen LogP contribution in [-0.2, 0) is 30.5 Å². The maximum absolute atomic E-state index is 11.2. The molecule has 8 nitrogen and oxygen atoms in total. The van der Waals surface area contributed by atoms with E-state index in [1.807, 2.05) is 26.0 Å². The van der Waals surface area contributed by atoms with Gasteiger partial charge in [0.15, 0.2) is 0 Å². The van der Waals surface area contributed by atoms with Crippen molar-refractivity contribution in [2.45, 2.75) is 72.8 Å². The van der Waals surface area contributed by atoms with Crippen LogP contribution in [0.25, 0.3) is 22.2 Å². The lowest BCUT2D eigenvalue weighted by Gasteiger charge is -2.30. The highest BCUT2D eigenvalue weighted by molar-refractivity contribution is 7.15. The first-order valence-electron chi connectivity index (χ1n) is 13.0. The molecular formula is C28H37N3O5S. The summed E-state index contributed by atoms with van der Waals surface area (Å²) in [6.45, 7) is 10.3. The fraction of sp³-hybridized carbons (Fsp3) is 0.536. The van der Waals surface area contributed by atoms with Crippen molar-refractivity contribution in [1.82, 2.24) is 15.5 Å². The second kappa shape index (κ2) is 11.3. The van der Waals surface area contributed by atoms with Crippen molar-refractivity contribution < 1.29 is 24.3 Å². The summed E-state index contributed by atoms with van der Waals surface area (Å²) in [5, 5.41) is 25.7. The number of ether oxygens (including phenoxy) is 1. The first-order chi connectivity index (χ1) is 17.7. The van der Waals surface area contributed by atoms with Crippen LogP contribution in [0.5, 0.6) is 5.75 Å². The summed E-state index contributed by atoms with van der Waals surface area (Å²) in [4.78, 5) is 18.5. The SMILES string of the molecule is CCc1cc(-c2noc(-c3sc(CC)c4c3CCC(C)(C)C4)n2)cc(C)c1OC[C@@H](O)CNC(=O)CO. The largest absolute Gasteiger partial charge is 0.490 e. The minimum Gasteiger partial charge on any atom is -0.490 e. The molecule has 200 valence electrons. The Balaban J connectivity index is 1.55. The van der Waals surface area contributed by atoms with Gasteiger partial charge in [0.25, 0.3) is 5.89 Å². The van der Waals surface area contributed by atoms with Crippen LogP contribution < -0.4 is 10.1 Å². The smallest absolute Gasteiger partial charge is 0.268 e. The first-order valence-corrected chi connectivity index (χ1v) is 13.8. The van der Waals surface area contributed by atoms with Crippen molar-refractivity contribution in [2.24, 2.45) is 5.41 Å². The average molecular weight is 528 g/mol. The van der Waals surface area contributed by atoms with Crippen LogP contribution in [0.1, 0.15) is 61.2 Å². The van der Waals surface area contributed by atoms with Gasteiger partial charge >= 0.3 is 0 Å². The number of thiophene rings is 1. The highest BCUT2D eigenvalue weighted by atomic mass is 32.1. The number of aliphatic hydroxyl groups excluding tert-OH is 2. The molecular weight excluding hydrogens is 490 g/mol. The second-order valence-electron chi connectivity index (χ2n) is 10.5. The van der Waals surface area contributed by atoms with E-state index < -0.39 is 18.6 Å². The summed E-state index contributed by atoms with van der Waals surface area (Å²) in [5.41, 5.74) is 5.89. The Bertz CT molecular complexity index is 1260. The van der Waals surface area contributed by atoms with E-state index in [0.717, 1.165) is 53.7 Å². The highest BCUT2D eigenvalue weighted by Gasteiger charge is 2.32. The van der Waals surface area contributed by atoms with Crippen molar-refractivity contribution >= 4 is 17.2 Å². The number of nitrogens with one attached hydrogen (secondary N) is 1. The molecule has 1 amide bonds. The standard InChI is InChI=1S/C28H37N3O5S/c1-6-17-11-18(10-16(3)24(17)35-15-19(33)13-29-23(34)14-32)26-30-27(36-31-26)25-20-8-9-28(4,5)12-21(20)22(7-2)37-25/h10-11,19,32-33H,6-9,12-15H2,1-5H3,(H,29,34)/t19-/m0/s1. The molecule has 0 radical (unpaired) electrons. The van der Waals surface area contributed by atoms with Crippen molar-refractivity contribution in [3.05, 3.63) is 39.3 Å². The molecule has 3 N–H and O–H groups in total. The third kappa shape index (κ3) is 6.05. The predicted octanol–water partition coefficient (Wildman–Crippen LogP) is 4.26. The topological polar surface area (TPSA) is 118 Å². The molecule has 0 bridgehead atoms. The molecule has 0 saturated carbocycles. The number of carbonyl (C=O) groups excluding carboxylic acids is 1. The molecule has 9 heteroatoms. The zero-order chi connectivity index (χ0) is 26.7. The minimum absolute atomic E-state index is 0.00723. The Morgan fingerprint density at radius 3 is 2.76 bits per heavy atom. The van der Waals surface area contributed by atoms with Crippen LogP contribution in [0.15, 0.2) is 16.7 Å². The van der Waals surface area contributed by atoms with Gasteiger partial charge in [0.05, 0.1) is 4.88 Å². The van der Waals surface area contributed by atoms with Crippen LogP contribution in [-0.4, -0.2) is 52.1 Å². The molecule has 0 saturated heterocycles. The monoisotopic (exact) mass is 527 g/mol. The number of benzene rings is 1. The molecule has 2 heterocycles. The quantitative estimate of drug-likeness (QED) is 0.361. The number of hydrogen-bond donors (Lipinski definition) is 3. The van der Waals surface area contributed by atoms with Crippen LogP contribution in [0.3, 0.4) is 0 Å². The number of fused-ring (bicyclic) bond motifs is 1. The summed E-state index contributed by atoms with van der Waals surface area (Å²) in [6, 6.07) is 3.97. The molecule has 1 aliphatic rings. The number of aryl methyl sites for hydroxylation is 3. The van der Waals surface area contributed by atoms with Gasteiger partial charge in [0.2, 0.25) is 11.7 Å². The fourth-order valence-electron chi connectivity index (χ4n) is 4.91. The predicted molar refractivity (Wildman–Crippen MR) is 144 cm³/mol. The van der Waals surface area contributed by atoms with Gasteiger partial charge in [-0.15, -0.1) is 11.3 Å². The first kappa shape index (κ1) is 27.3. The van der Waals surface area contributed by atoms with Gasteiger partial charge in [0.1, 0.15) is 25.1 Å². The number of nitrogens with zero attached hydrogens (tertiary/aromatic N) is 2. The van der Waals surface area contributed by atoms with Gasteiger partial charge < -0.3 is 24.8 Å². The van der Waals surface area contributed by atoms with E-state index in [4.69, 9.17) is 19.4 Å². The second-order valence-corrected chi connectivity index (χ2v) is 11.6. The summed E-state index contributed by atoms with van der Waals surface area (Å²) >= 11 is 1.79. The van der Waals surface area contributed by atoms with Crippen molar-refractivity contribution in [3.8, 4) is 27.9 Å². The zero-order valence-corrected chi connectivity index (χ0v) is 23.1. The Morgan fingerprint density at radius 1 is 1.27 bits per heavy atom. The maximum Gasteiger partial charge on any atom is 0.268 e. The number of rotatable bonds is 10. The average Bonchev–Trinajstić information content (AvgIpc) is 3.50. The molecule has 0 unspecified atom stereocenters. The summed E-state index contributed by atoms with van der Waals surface area (Å²) in [7, 11) is 0. The van der Waals surface area contributed by atoms with Gasteiger partial charge in [-0.2, -0.15) is 4.98 Å². The summed E-state index contributed by atoms with van der Waals surface area (Å²) in [5.74, 6) is 1.29. The Hall–Kier alpha value is -2.75. The van der Waals surface area contributed by atoms with E-state index in [1.54, 1.807) is 11.3 Å². The molecule has 4 rings (SSSR count).